The normalized spacial score (nSPS) is 16.0. The summed E-state index contributed by atoms with van der Waals surface area (Å²) in [4.78, 5) is 4.45. The van der Waals surface area contributed by atoms with E-state index in [1.165, 1.54) is 25.0 Å². The Morgan fingerprint density at radius 3 is 2.69 bits per heavy atom. The van der Waals surface area contributed by atoms with E-state index in [1.54, 1.807) is 18.3 Å². The zero-order valence-electron chi connectivity index (χ0n) is 19.6. The Hall–Kier alpha value is -3.70. The molecule has 0 amide bonds. The highest BCUT2D eigenvalue weighted by molar-refractivity contribution is 6.35. The van der Waals surface area contributed by atoms with E-state index in [0.717, 1.165) is 59.7 Å². The average Bonchev–Trinajstić information content (AvgIpc) is 3.83. The van der Waals surface area contributed by atoms with Gasteiger partial charge in [-0.3, -0.25) is 4.98 Å². The third-order valence-corrected chi connectivity index (χ3v) is 7.14. The van der Waals surface area contributed by atoms with Crippen molar-refractivity contribution in [2.75, 3.05) is 17.2 Å². The van der Waals surface area contributed by atoms with Gasteiger partial charge in [-0.25, -0.2) is 9.07 Å². The molecule has 2 saturated carbocycles. The molecule has 1 unspecified atom stereocenters. The summed E-state index contributed by atoms with van der Waals surface area (Å²) < 4.78 is 15.6. The van der Waals surface area contributed by atoms with E-state index in [2.05, 4.69) is 32.0 Å². The van der Waals surface area contributed by atoms with Gasteiger partial charge in [0.1, 0.15) is 17.6 Å². The monoisotopic (exact) mass is 501 g/mol. The number of benzene rings is 2. The fraction of sp³-hybridized carbons (Fsp3) is 0.333. The van der Waals surface area contributed by atoms with E-state index in [-0.39, 0.29) is 11.9 Å². The summed E-state index contributed by atoms with van der Waals surface area (Å²) in [6.07, 6.45) is 9.34. The van der Waals surface area contributed by atoms with Gasteiger partial charge in [-0.05, 0) is 55.0 Å². The van der Waals surface area contributed by atoms with E-state index in [4.69, 9.17) is 11.6 Å². The highest BCUT2D eigenvalue weighted by Crippen LogP contribution is 2.38. The van der Waals surface area contributed by atoms with Gasteiger partial charge in [0, 0.05) is 23.8 Å². The molecule has 4 aromatic rings. The third-order valence-electron chi connectivity index (χ3n) is 6.86. The van der Waals surface area contributed by atoms with Crippen LogP contribution >= 0.6 is 11.6 Å². The number of anilines is 2. The molecule has 0 bridgehead atoms. The first-order chi connectivity index (χ1) is 17.6. The van der Waals surface area contributed by atoms with E-state index < -0.39 is 0 Å². The second-order valence-electron chi connectivity index (χ2n) is 9.66. The van der Waals surface area contributed by atoms with Crippen LogP contribution in [0.15, 0.2) is 48.8 Å². The number of halogens is 2. The highest BCUT2D eigenvalue weighted by Gasteiger charge is 2.27. The SMILES string of the molecule is N#Cc1cnc2c(Cl)cc(NC(c3ccc(F)cc3)c3cn(C4CC4)nn3)cc2c1NCCC1CC1. The molecule has 1 atom stereocenters. The minimum atomic E-state index is -0.370. The van der Waals surface area contributed by atoms with Crippen LogP contribution in [0.2, 0.25) is 5.02 Å². The minimum absolute atomic E-state index is 0.301. The Labute approximate surface area is 213 Å². The van der Waals surface area contributed by atoms with Gasteiger partial charge in [0.15, 0.2) is 0 Å². The number of aromatic nitrogens is 4. The van der Waals surface area contributed by atoms with Crippen LogP contribution in [0.25, 0.3) is 10.9 Å². The lowest BCUT2D eigenvalue weighted by Crippen LogP contribution is -2.13. The molecule has 0 aliphatic heterocycles. The predicted molar refractivity (Wildman–Crippen MR) is 137 cm³/mol. The number of nitriles is 1. The van der Waals surface area contributed by atoms with Gasteiger partial charge in [0.25, 0.3) is 0 Å². The van der Waals surface area contributed by atoms with Crippen molar-refractivity contribution >= 4 is 33.9 Å². The Kier molecular flexibility index (Phi) is 5.94. The molecule has 0 spiro atoms. The Balaban J connectivity index is 1.38. The molecule has 9 heteroatoms. The zero-order chi connectivity index (χ0) is 24.6. The van der Waals surface area contributed by atoms with E-state index in [0.29, 0.717) is 22.1 Å². The number of pyridine rings is 1. The van der Waals surface area contributed by atoms with Gasteiger partial charge in [0.2, 0.25) is 0 Å². The number of nitrogens with one attached hydrogen (secondary N) is 2. The molecule has 182 valence electrons. The van der Waals surface area contributed by atoms with Gasteiger partial charge in [-0.2, -0.15) is 5.26 Å². The van der Waals surface area contributed by atoms with E-state index in [9.17, 15) is 9.65 Å². The van der Waals surface area contributed by atoms with Gasteiger partial charge < -0.3 is 10.6 Å². The fourth-order valence-electron chi connectivity index (χ4n) is 4.52. The third kappa shape index (κ3) is 4.71. The largest absolute Gasteiger partial charge is 0.383 e. The summed E-state index contributed by atoms with van der Waals surface area (Å²) >= 11 is 6.68. The summed E-state index contributed by atoms with van der Waals surface area (Å²) in [6, 6.07) is 12.4. The molecule has 6 rings (SSSR count). The zero-order valence-corrected chi connectivity index (χ0v) is 20.3. The van der Waals surface area contributed by atoms with Crippen molar-refractivity contribution in [1.82, 2.24) is 20.0 Å². The first-order valence-corrected chi connectivity index (χ1v) is 12.7. The van der Waals surface area contributed by atoms with Gasteiger partial charge in [0.05, 0.1) is 40.1 Å². The smallest absolute Gasteiger partial charge is 0.123 e. The Morgan fingerprint density at radius 2 is 1.97 bits per heavy atom. The second kappa shape index (κ2) is 9.40. The van der Waals surface area contributed by atoms with Crippen molar-refractivity contribution in [2.45, 2.75) is 44.2 Å². The summed E-state index contributed by atoms with van der Waals surface area (Å²) in [5.74, 6) is 0.474. The van der Waals surface area contributed by atoms with Crippen molar-refractivity contribution < 1.29 is 4.39 Å². The maximum absolute atomic E-state index is 13.7. The molecule has 2 aliphatic rings. The molecule has 2 fully saturated rings. The maximum Gasteiger partial charge on any atom is 0.123 e. The molecular weight excluding hydrogens is 477 g/mol. The molecule has 2 aromatic heterocycles. The van der Waals surface area contributed by atoms with Crippen molar-refractivity contribution in [1.29, 1.82) is 5.26 Å². The summed E-state index contributed by atoms with van der Waals surface area (Å²) in [5, 5.41) is 26.7. The van der Waals surface area contributed by atoms with Gasteiger partial charge in [-0.1, -0.05) is 41.8 Å². The fourth-order valence-corrected chi connectivity index (χ4v) is 4.78. The Morgan fingerprint density at radius 1 is 1.17 bits per heavy atom. The molecule has 2 N–H and O–H groups in total. The van der Waals surface area contributed by atoms with Crippen LogP contribution in [0.4, 0.5) is 15.8 Å². The lowest BCUT2D eigenvalue weighted by Gasteiger charge is -2.20. The molecule has 2 aliphatic carbocycles. The molecule has 2 aromatic carbocycles. The first-order valence-electron chi connectivity index (χ1n) is 12.3. The van der Waals surface area contributed by atoms with Crippen LogP contribution in [0.5, 0.6) is 0 Å². The van der Waals surface area contributed by atoms with Crippen LogP contribution in [-0.4, -0.2) is 26.5 Å². The minimum Gasteiger partial charge on any atom is -0.383 e. The van der Waals surface area contributed by atoms with E-state index >= 15 is 0 Å². The van der Waals surface area contributed by atoms with Gasteiger partial charge >= 0.3 is 0 Å². The molecule has 0 saturated heterocycles. The van der Waals surface area contributed by atoms with Crippen molar-refractivity contribution in [3.63, 3.8) is 0 Å². The molecule has 0 radical (unpaired) electrons. The van der Waals surface area contributed by atoms with Crippen molar-refractivity contribution in [2.24, 2.45) is 5.92 Å². The number of hydrogen-bond acceptors (Lipinski definition) is 6. The van der Waals surface area contributed by atoms with Crippen LogP contribution < -0.4 is 10.6 Å². The van der Waals surface area contributed by atoms with Crippen LogP contribution in [0.1, 0.15) is 61.0 Å². The number of rotatable bonds is 9. The number of fused-ring (bicyclic) bond motifs is 1. The van der Waals surface area contributed by atoms with Crippen molar-refractivity contribution in [3.8, 4) is 6.07 Å². The standard InChI is InChI=1S/C27H25ClFN7/c28-23-12-20(11-22-25(31-10-9-16-1-2-16)18(13-30)14-32-27(22)23)33-26(17-3-5-19(29)6-4-17)24-15-36(35-34-24)21-7-8-21/h3-6,11-12,14-16,21,26,33H,1-2,7-10H2,(H,31,32). The van der Waals surface area contributed by atoms with E-state index in [1.807, 2.05) is 23.0 Å². The van der Waals surface area contributed by atoms with Crippen molar-refractivity contribution in [3.05, 3.63) is 76.5 Å². The first kappa shape index (κ1) is 22.7. The topological polar surface area (TPSA) is 91.5 Å². The number of hydrogen-bond donors (Lipinski definition) is 2. The quantitative estimate of drug-likeness (QED) is 0.282. The second-order valence-corrected chi connectivity index (χ2v) is 10.1. The average molecular weight is 502 g/mol. The van der Waals surface area contributed by atoms with Crippen LogP contribution in [-0.2, 0) is 0 Å². The molecule has 36 heavy (non-hydrogen) atoms. The molecule has 2 heterocycles. The summed E-state index contributed by atoms with van der Waals surface area (Å²) in [7, 11) is 0. The molecular formula is C27H25ClFN7. The van der Waals surface area contributed by atoms with Crippen LogP contribution in [0.3, 0.4) is 0 Å². The number of nitrogens with zero attached hydrogens (tertiary/aromatic N) is 5. The summed E-state index contributed by atoms with van der Waals surface area (Å²) in [6.45, 7) is 0.788. The van der Waals surface area contributed by atoms with Crippen LogP contribution in [0, 0.1) is 23.1 Å². The lowest BCUT2D eigenvalue weighted by atomic mass is 10.0. The maximum atomic E-state index is 13.7. The summed E-state index contributed by atoms with van der Waals surface area (Å²) in [5.41, 5.74) is 4.18. The van der Waals surface area contributed by atoms with Gasteiger partial charge in [-0.15, -0.1) is 5.10 Å². The lowest BCUT2D eigenvalue weighted by molar-refractivity contribution is 0.610. The molecule has 7 nitrogen and oxygen atoms in total. The Bertz CT molecular complexity index is 1450. The predicted octanol–water partition coefficient (Wildman–Crippen LogP) is 6.24. The highest BCUT2D eigenvalue weighted by atomic mass is 35.5.